The lowest BCUT2D eigenvalue weighted by Crippen LogP contribution is -2.35. The number of esters is 1. The zero-order valence-corrected chi connectivity index (χ0v) is 21.1. The van der Waals surface area contributed by atoms with Crippen molar-refractivity contribution in [1.82, 2.24) is 20.3 Å². The number of nitrogens with two attached hydrogens (primary N) is 2. The normalized spacial score (nSPS) is 16.6. The molecule has 0 radical (unpaired) electrons. The van der Waals surface area contributed by atoms with Crippen LogP contribution in [0.5, 0.6) is 0 Å². The summed E-state index contributed by atoms with van der Waals surface area (Å²) in [5, 5.41) is 7.38. The Hall–Kier alpha value is -5.09. The van der Waals surface area contributed by atoms with Crippen molar-refractivity contribution in [2.75, 3.05) is 7.11 Å². The number of methoxy groups -OCH3 is 1. The molecule has 196 valence electrons. The van der Waals surface area contributed by atoms with Gasteiger partial charge in [-0.25, -0.2) is 10.6 Å². The molecule has 0 saturated carbocycles. The third-order valence-electron chi connectivity index (χ3n) is 7.17. The van der Waals surface area contributed by atoms with E-state index in [1.165, 1.54) is 18.3 Å². The van der Waals surface area contributed by atoms with Gasteiger partial charge in [-0.1, -0.05) is 48.6 Å². The Bertz CT molecular complexity index is 1770. The molecule has 2 amide bonds. The highest BCUT2D eigenvalue weighted by Gasteiger charge is 2.34. The number of carbonyl (C=O) groups is 3. The molecule has 3 heterocycles. The first-order chi connectivity index (χ1) is 18.9. The second-order valence-electron chi connectivity index (χ2n) is 9.47. The molecule has 0 fully saturated rings. The van der Waals surface area contributed by atoms with E-state index in [4.69, 9.17) is 11.6 Å². The van der Waals surface area contributed by atoms with Crippen LogP contribution >= 0.6 is 0 Å². The number of rotatable bonds is 3. The van der Waals surface area contributed by atoms with Crippen molar-refractivity contribution >= 4 is 61.4 Å². The number of allylic oxidation sites excluding steroid dienone is 1. The first-order valence-electron chi connectivity index (χ1n) is 12.5. The lowest BCUT2D eigenvalue weighted by atomic mass is 9.97. The number of carbonyl (C=O) groups excluding carboxylic acids is 3. The highest BCUT2D eigenvalue weighted by atomic mass is 16.5. The van der Waals surface area contributed by atoms with Gasteiger partial charge in [0.25, 0.3) is 11.8 Å². The number of nitrogens with one attached hydrogen (secondary N) is 3. The molecule has 2 aromatic heterocycles. The molecular formula is C29H26N6O4. The van der Waals surface area contributed by atoms with Gasteiger partial charge < -0.3 is 25.4 Å². The van der Waals surface area contributed by atoms with Gasteiger partial charge >= 0.3 is 5.97 Å². The molecule has 1 aliphatic heterocycles. The summed E-state index contributed by atoms with van der Waals surface area (Å²) in [6.07, 6.45) is 7.38. The van der Waals surface area contributed by atoms with Crippen LogP contribution in [0.1, 0.15) is 33.6 Å². The molecule has 1 atom stereocenters. The topological polar surface area (TPSA) is 159 Å². The summed E-state index contributed by atoms with van der Waals surface area (Å²) in [6.45, 7) is 0. The second-order valence-corrected chi connectivity index (χ2v) is 9.47. The fraction of sp³-hybridized carbons (Fsp3) is 0.138. The lowest BCUT2D eigenvalue weighted by molar-refractivity contribution is -0.136. The molecule has 0 bridgehead atoms. The summed E-state index contributed by atoms with van der Waals surface area (Å²) in [5.74, 6) is 4.46. The molecule has 1 unspecified atom stereocenters. The van der Waals surface area contributed by atoms with Crippen LogP contribution in [0.2, 0.25) is 0 Å². The number of hydrogen-bond donors (Lipinski definition) is 5. The molecule has 2 aliphatic rings. The summed E-state index contributed by atoms with van der Waals surface area (Å²) in [4.78, 5) is 42.9. The van der Waals surface area contributed by atoms with Gasteiger partial charge in [0.1, 0.15) is 5.70 Å². The number of hydrogen-bond acceptors (Lipinski definition) is 7. The fourth-order valence-electron chi connectivity index (χ4n) is 5.40. The van der Waals surface area contributed by atoms with Gasteiger partial charge in [0.15, 0.2) is 0 Å². The van der Waals surface area contributed by atoms with Crippen LogP contribution in [-0.4, -0.2) is 45.9 Å². The van der Waals surface area contributed by atoms with E-state index in [-0.39, 0.29) is 23.6 Å². The Labute approximate surface area is 222 Å². The van der Waals surface area contributed by atoms with E-state index in [0.717, 1.165) is 56.5 Å². The van der Waals surface area contributed by atoms with Crippen LogP contribution in [0.4, 0.5) is 0 Å². The van der Waals surface area contributed by atoms with Gasteiger partial charge in [0.2, 0.25) is 0 Å². The van der Waals surface area contributed by atoms with Crippen LogP contribution in [0, 0.1) is 0 Å². The van der Waals surface area contributed by atoms with Gasteiger partial charge in [-0.05, 0) is 25.0 Å². The number of para-hydroxylation sites is 2. The average molecular weight is 523 g/mol. The van der Waals surface area contributed by atoms with E-state index in [1.54, 1.807) is 0 Å². The summed E-state index contributed by atoms with van der Waals surface area (Å²) < 4.78 is 4.44. The van der Waals surface area contributed by atoms with Crippen LogP contribution in [0.3, 0.4) is 0 Å². The number of imide groups is 1. The Balaban J connectivity index is 0.000000170. The number of hydrazine groups is 1. The maximum absolute atomic E-state index is 12.6. The number of nitrogens with zero attached hydrogens (tertiary/aromatic N) is 1. The third-order valence-corrected chi connectivity index (χ3v) is 7.17. The zero-order valence-electron chi connectivity index (χ0n) is 21.1. The zero-order chi connectivity index (χ0) is 27.3. The minimum absolute atomic E-state index is 0.00954. The van der Waals surface area contributed by atoms with E-state index < -0.39 is 5.97 Å². The molecule has 7 N–H and O–H groups in total. The average Bonchev–Trinajstić information content (AvgIpc) is 3.72. The van der Waals surface area contributed by atoms with Crippen LogP contribution in [0.25, 0.3) is 43.6 Å². The maximum Gasteiger partial charge on any atom is 0.355 e. The molecule has 39 heavy (non-hydrogen) atoms. The van der Waals surface area contributed by atoms with Crippen molar-refractivity contribution < 1.29 is 19.1 Å². The molecule has 5 aromatic rings. The largest absolute Gasteiger partial charge is 0.464 e. The number of H-pyrrole nitrogens is 2. The quantitative estimate of drug-likeness (QED) is 0.0603. The molecule has 0 spiro atoms. The summed E-state index contributed by atoms with van der Waals surface area (Å²) >= 11 is 0. The number of amides is 2. The van der Waals surface area contributed by atoms with E-state index in [1.807, 2.05) is 60.7 Å². The van der Waals surface area contributed by atoms with Gasteiger partial charge in [0.05, 0.1) is 35.3 Å². The summed E-state index contributed by atoms with van der Waals surface area (Å²) in [7, 11) is 1.28. The fourth-order valence-corrected chi connectivity index (χ4v) is 5.40. The number of aromatic amines is 2. The minimum Gasteiger partial charge on any atom is -0.464 e. The van der Waals surface area contributed by atoms with E-state index in [0.29, 0.717) is 11.1 Å². The van der Waals surface area contributed by atoms with E-state index >= 15 is 0 Å². The minimum atomic E-state index is -0.567. The summed E-state index contributed by atoms with van der Waals surface area (Å²) in [6, 6.07) is 15.8. The van der Waals surface area contributed by atoms with Crippen molar-refractivity contribution in [1.29, 1.82) is 0 Å². The number of benzene rings is 3. The predicted octanol–water partition coefficient (Wildman–Crippen LogP) is 3.69. The smallest absolute Gasteiger partial charge is 0.355 e. The first-order valence-corrected chi connectivity index (χ1v) is 12.5. The highest BCUT2D eigenvalue weighted by molar-refractivity contribution is 6.39. The van der Waals surface area contributed by atoms with Gasteiger partial charge in [-0.15, -0.1) is 0 Å². The van der Waals surface area contributed by atoms with Crippen LogP contribution < -0.4 is 16.9 Å². The van der Waals surface area contributed by atoms with Crippen molar-refractivity contribution in [2.24, 2.45) is 11.6 Å². The molecule has 0 saturated heterocycles. The molecular weight excluding hydrogens is 496 g/mol. The monoisotopic (exact) mass is 522 g/mol. The van der Waals surface area contributed by atoms with Crippen molar-refractivity contribution in [3.05, 3.63) is 83.7 Å². The standard InChI is InChI=1S/C20H11N3O2.C9H15N3O2/c24-19-15-13-9-5-1-3-7-11(9)21-17(13)18-14(16(15)20(25)23-19)10-6-2-4-8-12(10)22-18;1-14-9(13)8(10)6-12(11)7-4-2-3-5-7/h1-8,21-22H,(H,23,24,25);2,4,6-7H,3,5,10-11H2,1H3/b;8-6-. The van der Waals surface area contributed by atoms with Crippen molar-refractivity contribution in [3.8, 4) is 0 Å². The van der Waals surface area contributed by atoms with Crippen LogP contribution in [-0.2, 0) is 9.53 Å². The Morgan fingerprint density at radius 3 is 1.97 bits per heavy atom. The Morgan fingerprint density at radius 2 is 1.49 bits per heavy atom. The van der Waals surface area contributed by atoms with E-state index in [9.17, 15) is 14.4 Å². The number of fused-ring (bicyclic) bond motifs is 10. The van der Waals surface area contributed by atoms with Crippen molar-refractivity contribution in [3.63, 3.8) is 0 Å². The van der Waals surface area contributed by atoms with Gasteiger partial charge in [-0.3, -0.25) is 14.9 Å². The maximum atomic E-state index is 12.6. The molecule has 10 nitrogen and oxygen atoms in total. The summed E-state index contributed by atoms with van der Waals surface area (Å²) in [5.41, 5.74) is 9.98. The molecule has 7 rings (SSSR count). The van der Waals surface area contributed by atoms with Crippen LogP contribution in [0.15, 0.2) is 72.6 Å². The third kappa shape index (κ3) is 3.89. The Morgan fingerprint density at radius 1 is 0.949 bits per heavy atom. The molecule has 1 aliphatic carbocycles. The number of ether oxygens (including phenoxy) is 1. The second kappa shape index (κ2) is 9.34. The molecule has 3 aromatic carbocycles. The molecule has 10 heteroatoms. The first kappa shape index (κ1) is 24.3. The Kier molecular flexibility index (Phi) is 5.81. The SMILES string of the molecule is COC(=O)/C(N)=C/N(N)C1C=CCC1.O=C1NC(=O)c2c1c1c3ccccc3[nH]c1c1[nH]c3ccccc3c21. The van der Waals surface area contributed by atoms with E-state index in [2.05, 4.69) is 20.0 Å². The highest BCUT2D eigenvalue weighted by Crippen LogP contribution is 2.41. The van der Waals surface area contributed by atoms with Gasteiger partial charge in [-0.2, -0.15) is 0 Å². The predicted molar refractivity (Wildman–Crippen MR) is 149 cm³/mol. The number of aromatic nitrogens is 2. The van der Waals surface area contributed by atoms with Gasteiger partial charge in [0, 0.05) is 38.8 Å². The lowest BCUT2D eigenvalue weighted by Gasteiger charge is -2.20. The van der Waals surface area contributed by atoms with Crippen molar-refractivity contribution in [2.45, 2.75) is 18.9 Å².